The molecule has 0 aliphatic carbocycles. The van der Waals surface area contributed by atoms with Gasteiger partial charge in [-0.3, -0.25) is 24.0 Å². The highest BCUT2D eigenvalue weighted by Gasteiger charge is 2.64. The van der Waals surface area contributed by atoms with E-state index < -0.39 is 152 Å². The fourth-order valence-corrected chi connectivity index (χ4v) is 10.1. The summed E-state index contributed by atoms with van der Waals surface area (Å²) in [5.74, 6) is -10.0. The van der Waals surface area contributed by atoms with Gasteiger partial charge in [-0.1, -0.05) is 65.0 Å². The van der Waals surface area contributed by atoms with E-state index in [9.17, 15) is 38.4 Å². The van der Waals surface area contributed by atoms with Gasteiger partial charge in [0, 0.05) is 34.6 Å². The number of aromatic nitrogens is 6. The smallest absolute Gasteiger partial charge is 0.338 e. The quantitative estimate of drug-likeness (QED) is 0.0525. The maximum atomic E-state index is 14.2. The average molecular weight is 1240 g/mol. The van der Waals surface area contributed by atoms with Crippen LogP contribution in [0.1, 0.15) is 89.7 Å². The van der Waals surface area contributed by atoms with E-state index in [-0.39, 0.29) is 28.9 Å². The molecule has 1 unspecified atom stereocenters. The first-order valence-electron chi connectivity index (χ1n) is 26.8. The molecule has 5 aromatic rings. The number of nitrogens with two attached hydrogens (primary N) is 1. The van der Waals surface area contributed by atoms with E-state index in [1.54, 1.807) is 54.6 Å². The molecule has 3 aromatic carbocycles. The SMILES string of the molecule is CC(=O)OC[C@H]1O[C@H](O[C@]2(CCl)O[C@H](Cn3cc(CO[C@H]4OC(n5cc(CCCN)nn5)[C@@H](OC(=O)c5ccccc5)[C@H](OC(=O)c5ccccc5)[C@@H]4OC(=O)c4ccccc4)nn3)[C@@H](OC(C)=O)[C@@H]2OC(C)=O)[C@H](OC(C)=O)[C@@H](OC(C)=O)[C@H]1Cl. The van der Waals surface area contributed by atoms with Crippen LogP contribution in [0.4, 0.5) is 0 Å². The van der Waals surface area contributed by atoms with Gasteiger partial charge >= 0.3 is 47.8 Å². The van der Waals surface area contributed by atoms with Crippen molar-refractivity contribution in [1.29, 1.82) is 0 Å². The Bertz CT molecular complexity index is 3160. The summed E-state index contributed by atoms with van der Waals surface area (Å²) in [6.07, 6.45) is -15.4. The van der Waals surface area contributed by atoms with Gasteiger partial charge in [0.1, 0.15) is 29.9 Å². The lowest BCUT2D eigenvalue weighted by Crippen LogP contribution is -2.63. The van der Waals surface area contributed by atoms with Gasteiger partial charge in [-0.2, -0.15) is 0 Å². The number of nitrogens with zero attached hydrogens (tertiary/aromatic N) is 6. The minimum atomic E-state index is -2.36. The van der Waals surface area contributed by atoms with Crippen LogP contribution in [0.2, 0.25) is 0 Å². The van der Waals surface area contributed by atoms with Crippen LogP contribution < -0.4 is 5.73 Å². The summed E-state index contributed by atoms with van der Waals surface area (Å²) < 4.78 is 80.9. The van der Waals surface area contributed by atoms with Crippen molar-refractivity contribution in [1.82, 2.24) is 30.0 Å². The van der Waals surface area contributed by atoms with Crippen LogP contribution in [0.25, 0.3) is 0 Å². The molecule has 2 N–H and O–H groups in total. The van der Waals surface area contributed by atoms with Crippen molar-refractivity contribution in [3.8, 4) is 0 Å². The van der Waals surface area contributed by atoms with E-state index in [2.05, 4.69) is 20.6 Å². The Morgan fingerprint density at radius 2 is 1.10 bits per heavy atom. The summed E-state index contributed by atoms with van der Waals surface area (Å²) in [5, 5.41) is 15.8. The number of alkyl halides is 2. The largest absolute Gasteiger partial charge is 0.463 e. The molecule has 3 fully saturated rings. The van der Waals surface area contributed by atoms with E-state index in [0.717, 1.165) is 34.6 Å². The van der Waals surface area contributed by atoms with Crippen molar-refractivity contribution in [3.05, 3.63) is 131 Å². The fraction of sp³-hybridized carbons (Fsp3) is 0.464. The lowest BCUT2D eigenvalue weighted by atomic mass is 10.0. The van der Waals surface area contributed by atoms with E-state index in [4.69, 9.17) is 90.5 Å². The number of halogens is 2. The lowest BCUT2D eigenvalue weighted by molar-refractivity contribution is -0.359. The molecular weight excluding hydrogens is 1180 g/mol. The molecule has 0 spiro atoms. The number of rotatable bonds is 24. The molecule has 3 aliphatic heterocycles. The van der Waals surface area contributed by atoms with Gasteiger partial charge in [-0.15, -0.1) is 33.4 Å². The second-order valence-electron chi connectivity index (χ2n) is 19.7. The second kappa shape index (κ2) is 29.4. The average Bonchev–Trinajstić information content (AvgIpc) is 2.04. The van der Waals surface area contributed by atoms with E-state index in [1.165, 1.54) is 58.2 Å². The summed E-state index contributed by atoms with van der Waals surface area (Å²) >= 11 is 13.4. The summed E-state index contributed by atoms with van der Waals surface area (Å²) in [6.45, 7) is 4.33. The number of hydrogen-bond donors (Lipinski definition) is 1. The fourth-order valence-electron chi connectivity index (χ4n) is 9.51. The summed E-state index contributed by atoms with van der Waals surface area (Å²) in [7, 11) is 0. The molecular formula is C56H61Cl2N7O21. The molecule has 0 amide bonds. The third-order valence-corrected chi connectivity index (χ3v) is 14.1. The second-order valence-corrected chi connectivity index (χ2v) is 20.5. The lowest BCUT2D eigenvalue weighted by Gasteiger charge is -2.45. The zero-order valence-electron chi connectivity index (χ0n) is 46.9. The van der Waals surface area contributed by atoms with Crippen molar-refractivity contribution < 1.29 is 99.9 Å². The number of ether oxygens (including phenoxy) is 13. The van der Waals surface area contributed by atoms with E-state index in [0.29, 0.717) is 25.1 Å². The molecule has 3 saturated heterocycles. The Morgan fingerprint density at radius 1 is 0.581 bits per heavy atom. The van der Waals surface area contributed by atoms with Crippen molar-refractivity contribution in [3.63, 3.8) is 0 Å². The third kappa shape index (κ3) is 16.1. The van der Waals surface area contributed by atoms with E-state index in [1.807, 2.05) is 0 Å². The third-order valence-electron chi connectivity index (χ3n) is 13.2. The molecule has 5 heterocycles. The maximum absolute atomic E-state index is 14.2. The van der Waals surface area contributed by atoms with Gasteiger partial charge in [-0.25, -0.2) is 23.7 Å². The van der Waals surface area contributed by atoms with Crippen LogP contribution >= 0.6 is 23.2 Å². The molecule has 0 saturated carbocycles. The van der Waals surface area contributed by atoms with Gasteiger partial charge in [0.25, 0.3) is 0 Å². The number of carbonyl (C=O) groups is 8. The van der Waals surface area contributed by atoms with Crippen LogP contribution in [-0.2, 0) is 105 Å². The standard InChI is InChI=1S/C56H61Cl2N7O21/c1-30(66)74-28-41-42(58)44(77-32(3)68)47(78-33(4)69)55(80-41)86-56(29-57)49(79-34(5)70)43(76-31(2)67)40(85-56)26-64-24-39(61-62-64)27-75-54-48(83-53(73)37-20-13-8-14-21-37)45(81-51(71)35-16-9-6-10-17-35)46(82-52(72)36-18-11-7-12-19-36)50(84-54)65-25-38(60-63-65)22-15-23-59/h6-14,16-21,24-25,40-50,54-55H,15,22-23,26-29,59H2,1-5H3/t40-,41-,42+,43-,44+,45+,46+,47-,48+,49+,50?,54+,55-,56+/m1/s1. The number of esters is 8. The molecule has 30 heteroatoms. The molecule has 86 heavy (non-hydrogen) atoms. The number of hydrogen-bond acceptors (Lipinski definition) is 26. The van der Waals surface area contributed by atoms with Gasteiger partial charge in [-0.05, 0) is 55.8 Å². The summed E-state index contributed by atoms with van der Waals surface area (Å²) in [5.41, 5.74) is 6.64. The van der Waals surface area contributed by atoms with Gasteiger partial charge in [0.15, 0.2) is 49.0 Å². The first-order valence-corrected chi connectivity index (χ1v) is 27.8. The van der Waals surface area contributed by atoms with Gasteiger partial charge in [0.05, 0.1) is 53.8 Å². The van der Waals surface area contributed by atoms with Gasteiger partial charge in [0.2, 0.25) is 18.4 Å². The van der Waals surface area contributed by atoms with Gasteiger partial charge < -0.3 is 67.3 Å². The zero-order chi connectivity index (χ0) is 61.7. The highest BCUT2D eigenvalue weighted by Crippen LogP contribution is 2.43. The van der Waals surface area contributed by atoms with Crippen LogP contribution in [-0.4, -0.2) is 175 Å². The maximum Gasteiger partial charge on any atom is 0.338 e. The molecule has 460 valence electrons. The van der Waals surface area contributed by atoms with Crippen molar-refractivity contribution in [2.45, 2.75) is 146 Å². The molecule has 28 nitrogen and oxygen atoms in total. The highest BCUT2D eigenvalue weighted by molar-refractivity contribution is 6.21. The first-order chi connectivity index (χ1) is 41.3. The normalized spacial score (nSPS) is 27.0. The summed E-state index contributed by atoms with van der Waals surface area (Å²) in [6, 6.07) is 23.7. The molecule has 0 radical (unpaired) electrons. The summed E-state index contributed by atoms with van der Waals surface area (Å²) in [4.78, 5) is 105. The molecule has 14 atom stereocenters. The Hall–Kier alpha value is -7.96. The van der Waals surface area contributed by atoms with Crippen molar-refractivity contribution in [2.75, 3.05) is 19.0 Å². The molecule has 0 bridgehead atoms. The molecule has 8 rings (SSSR count). The van der Waals surface area contributed by atoms with Crippen LogP contribution in [0.5, 0.6) is 0 Å². The predicted molar refractivity (Wildman–Crippen MR) is 290 cm³/mol. The highest BCUT2D eigenvalue weighted by atomic mass is 35.5. The number of aryl methyl sites for hydroxylation is 1. The van der Waals surface area contributed by atoms with Crippen LogP contribution in [0.3, 0.4) is 0 Å². The Morgan fingerprint density at radius 3 is 1.65 bits per heavy atom. The minimum Gasteiger partial charge on any atom is -0.463 e. The van der Waals surface area contributed by atoms with Crippen molar-refractivity contribution in [2.24, 2.45) is 5.73 Å². The first kappa shape index (κ1) is 64.0. The molecule has 2 aromatic heterocycles. The monoisotopic (exact) mass is 1240 g/mol. The topological polar surface area (TPSA) is 344 Å². The van der Waals surface area contributed by atoms with Crippen LogP contribution in [0, 0.1) is 0 Å². The Kier molecular flexibility index (Phi) is 21.9. The Labute approximate surface area is 500 Å². The number of benzene rings is 3. The Balaban J connectivity index is 1.13. The zero-order valence-corrected chi connectivity index (χ0v) is 48.4. The van der Waals surface area contributed by atoms with E-state index >= 15 is 0 Å². The number of carbonyl (C=O) groups excluding carboxylic acids is 8. The minimum absolute atomic E-state index is 0.0720. The van der Waals surface area contributed by atoms with Crippen LogP contribution in [0.15, 0.2) is 103 Å². The predicted octanol–water partition coefficient (Wildman–Crippen LogP) is 3.48. The van der Waals surface area contributed by atoms with Crippen molar-refractivity contribution >= 4 is 71.0 Å². The molecule has 3 aliphatic rings.